The maximum Gasteiger partial charge on any atom is -0.00934 e. The molecule has 0 saturated heterocycles. The minimum Gasteiger partial charge on any atom is -0.152 e. The van der Waals surface area contributed by atoms with E-state index in [-0.39, 0.29) is 0 Å². The van der Waals surface area contributed by atoms with Gasteiger partial charge in [0.2, 0.25) is 0 Å². The molecular formula is C8H8BNS. The normalized spacial score (nSPS) is 7.64. The molecule has 0 amide bonds. The molecule has 0 spiro atoms. The average molecular weight is 161 g/mol. The van der Waals surface area contributed by atoms with E-state index in [1.807, 2.05) is 41.0 Å². The Morgan fingerprint density at radius 1 is 1.00 bits per heavy atom. The van der Waals surface area contributed by atoms with Crippen LogP contribution in [-0.2, 0) is 0 Å². The molecule has 0 saturated carbocycles. The van der Waals surface area contributed by atoms with Gasteiger partial charge in [-0.05, 0) is 10.8 Å². The van der Waals surface area contributed by atoms with Crippen LogP contribution in [0.1, 0.15) is 0 Å². The summed E-state index contributed by atoms with van der Waals surface area (Å²) in [6, 6.07) is 7.86. The summed E-state index contributed by atoms with van der Waals surface area (Å²) in [6.45, 7) is 0. The van der Waals surface area contributed by atoms with Gasteiger partial charge in [-0.2, -0.15) is 11.3 Å². The van der Waals surface area contributed by atoms with Gasteiger partial charge in [-0.15, -0.1) is 0 Å². The molecule has 3 heteroatoms. The van der Waals surface area contributed by atoms with Crippen molar-refractivity contribution in [3.05, 3.63) is 47.2 Å². The third kappa shape index (κ3) is 4.45. The summed E-state index contributed by atoms with van der Waals surface area (Å²) in [5, 5.41) is 4.08. The SMILES string of the molecule is b1ccccn1.c1ccsc1. The smallest absolute Gasteiger partial charge is 0.00934 e. The zero-order chi connectivity index (χ0) is 7.78. The molecule has 0 aliphatic carbocycles. The van der Waals surface area contributed by atoms with Gasteiger partial charge >= 0.3 is 36.2 Å². The van der Waals surface area contributed by atoms with E-state index in [1.54, 1.807) is 24.6 Å². The van der Waals surface area contributed by atoms with Crippen LogP contribution in [0.4, 0.5) is 0 Å². The molecule has 2 heterocycles. The van der Waals surface area contributed by atoms with Gasteiger partial charge in [0.05, 0.1) is 0 Å². The Kier molecular flexibility index (Phi) is 4.30. The van der Waals surface area contributed by atoms with Crippen molar-refractivity contribution in [2.75, 3.05) is 0 Å². The monoisotopic (exact) mass is 161 g/mol. The van der Waals surface area contributed by atoms with Crippen LogP contribution in [0.2, 0.25) is 0 Å². The standard InChI is InChI=1S/C4H4BN.C4H4S/c1-2-4-6-5-3-1;1-2-4-5-3-1/h1-4H;1-4H. The molecule has 2 aromatic rings. The largest absolute Gasteiger partial charge is 0.152 e. The number of thiophene rings is 1. The Bertz CT molecular complexity index is 200. The second kappa shape index (κ2) is 5.80. The van der Waals surface area contributed by atoms with Gasteiger partial charge in [-0.3, -0.25) is 0 Å². The summed E-state index contributed by atoms with van der Waals surface area (Å²) in [6.07, 6.45) is 1.75. The molecule has 2 aromatic heterocycles. The predicted octanol–water partition coefficient (Wildman–Crippen LogP) is 2.17. The van der Waals surface area contributed by atoms with Crippen molar-refractivity contribution in [1.82, 2.24) is 4.89 Å². The minimum absolute atomic E-state index is 1.71. The van der Waals surface area contributed by atoms with Crippen LogP contribution in [0.15, 0.2) is 47.2 Å². The van der Waals surface area contributed by atoms with Gasteiger partial charge in [0, 0.05) is 0 Å². The van der Waals surface area contributed by atoms with E-state index < -0.39 is 0 Å². The Balaban J connectivity index is 0.000000112. The Labute approximate surface area is 71.0 Å². The molecule has 0 N–H and O–H groups in total. The molecule has 0 aromatic carbocycles. The third-order valence-corrected chi connectivity index (χ3v) is 1.62. The predicted molar refractivity (Wildman–Crippen MR) is 49.9 cm³/mol. The van der Waals surface area contributed by atoms with Gasteiger partial charge < -0.3 is 0 Å². The molecule has 54 valence electrons. The number of hydrogen-bond donors (Lipinski definition) is 0. The molecule has 11 heavy (non-hydrogen) atoms. The van der Waals surface area contributed by atoms with Crippen LogP contribution < -0.4 is 0 Å². The van der Waals surface area contributed by atoms with Crippen molar-refractivity contribution in [2.45, 2.75) is 0 Å². The van der Waals surface area contributed by atoms with Crippen molar-refractivity contribution in [3.63, 3.8) is 0 Å². The Hall–Kier alpha value is -0.955. The van der Waals surface area contributed by atoms with E-state index in [4.69, 9.17) is 0 Å². The van der Waals surface area contributed by atoms with Gasteiger partial charge in [-0.1, -0.05) is 12.1 Å². The molecular weight excluding hydrogens is 153 g/mol. The van der Waals surface area contributed by atoms with Gasteiger partial charge in [-0.25, -0.2) is 0 Å². The number of hydrogen-bond acceptors (Lipinski definition) is 2. The number of rotatable bonds is 0. The van der Waals surface area contributed by atoms with Crippen molar-refractivity contribution in [3.8, 4) is 0 Å². The topological polar surface area (TPSA) is 12.9 Å². The van der Waals surface area contributed by atoms with Crippen LogP contribution in [0.3, 0.4) is 0 Å². The first kappa shape index (κ1) is 8.14. The minimum atomic E-state index is 1.71. The van der Waals surface area contributed by atoms with Crippen molar-refractivity contribution >= 4 is 18.4 Å². The van der Waals surface area contributed by atoms with E-state index in [0.29, 0.717) is 0 Å². The third-order valence-electron chi connectivity index (χ3n) is 0.992. The zero-order valence-electron chi connectivity index (χ0n) is 6.05. The molecule has 0 aliphatic rings. The summed E-state index contributed by atoms with van der Waals surface area (Å²) >= 11 is 1.71. The molecule has 2 rings (SSSR count). The van der Waals surface area contributed by atoms with Gasteiger partial charge in [0.15, 0.2) is 0 Å². The fourth-order valence-corrected chi connectivity index (χ4v) is 0.993. The Morgan fingerprint density at radius 2 is 1.82 bits per heavy atom. The molecule has 0 atom stereocenters. The van der Waals surface area contributed by atoms with Crippen molar-refractivity contribution in [1.29, 1.82) is 0 Å². The van der Waals surface area contributed by atoms with Crippen LogP contribution >= 0.6 is 11.3 Å². The maximum atomic E-state index is 3.78. The van der Waals surface area contributed by atoms with E-state index in [1.165, 1.54) is 0 Å². The van der Waals surface area contributed by atoms with Crippen LogP contribution in [-0.4, -0.2) is 11.9 Å². The molecule has 0 fully saturated rings. The quantitative estimate of drug-likeness (QED) is 0.576. The van der Waals surface area contributed by atoms with E-state index >= 15 is 0 Å². The van der Waals surface area contributed by atoms with Gasteiger partial charge in [0.1, 0.15) is 0 Å². The van der Waals surface area contributed by atoms with Crippen LogP contribution in [0.25, 0.3) is 0 Å². The molecule has 0 unspecified atom stereocenters. The van der Waals surface area contributed by atoms with E-state index in [2.05, 4.69) is 4.89 Å². The molecule has 0 radical (unpaired) electrons. The first-order valence-corrected chi connectivity index (χ1v) is 4.26. The summed E-state index contributed by atoms with van der Waals surface area (Å²) < 4.78 is 0. The summed E-state index contributed by atoms with van der Waals surface area (Å²) in [5.41, 5.74) is 0. The van der Waals surface area contributed by atoms with E-state index in [9.17, 15) is 0 Å². The van der Waals surface area contributed by atoms with E-state index in [0.717, 1.165) is 0 Å². The van der Waals surface area contributed by atoms with Crippen molar-refractivity contribution in [2.24, 2.45) is 0 Å². The summed E-state index contributed by atoms with van der Waals surface area (Å²) in [4.78, 5) is 3.78. The molecule has 1 nitrogen and oxygen atoms in total. The fraction of sp³-hybridized carbons (Fsp3) is 0. The zero-order valence-corrected chi connectivity index (χ0v) is 6.87. The van der Waals surface area contributed by atoms with Crippen LogP contribution in [0.5, 0.6) is 0 Å². The van der Waals surface area contributed by atoms with Crippen molar-refractivity contribution < 1.29 is 0 Å². The maximum absolute atomic E-state index is 3.78. The molecule has 0 aliphatic heterocycles. The van der Waals surface area contributed by atoms with Crippen LogP contribution in [0, 0.1) is 0 Å². The second-order valence-electron chi connectivity index (χ2n) is 1.82. The first-order valence-electron chi connectivity index (χ1n) is 3.32. The summed E-state index contributed by atoms with van der Waals surface area (Å²) in [5.74, 6) is 1.89. The summed E-state index contributed by atoms with van der Waals surface area (Å²) in [7, 11) is 1.75. The fourth-order valence-electron chi connectivity index (χ4n) is 0.539. The van der Waals surface area contributed by atoms with Gasteiger partial charge in [0.25, 0.3) is 0 Å². The number of nitrogens with zero attached hydrogens (tertiary/aromatic N) is 1. The number of aromatic nitrogens is 1. The molecule has 0 bridgehead atoms. The first-order chi connectivity index (χ1) is 5.50. The average Bonchev–Trinajstić information content (AvgIpc) is 2.64. The second-order valence-corrected chi connectivity index (χ2v) is 2.63. The Morgan fingerprint density at radius 3 is 2.00 bits per heavy atom.